The number of amides is 1. The van der Waals surface area contributed by atoms with E-state index in [4.69, 9.17) is 25.8 Å². The van der Waals surface area contributed by atoms with Gasteiger partial charge in [0.1, 0.15) is 12.4 Å². The van der Waals surface area contributed by atoms with Crippen LogP contribution in [0.4, 0.5) is 0 Å². The van der Waals surface area contributed by atoms with Crippen molar-refractivity contribution < 1.29 is 19.0 Å². The number of nitrogens with zero attached hydrogens (tertiary/aromatic N) is 1. The summed E-state index contributed by atoms with van der Waals surface area (Å²) in [4.78, 5) is 12.2. The fourth-order valence-electron chi connectivity index (χ4n) is 3.08. The Balaban J connectivity index is 1.62. The molecular formula is C26H26BrClN2O4. The van der Waals surface area contributed by atoms with Crippen LogP contribution in [0.3, 0.4) is 0 Å². The molecule has 34 heavy (non-hydrogen) atoms. The maximum absolute atomic E-state index is 12.2. The van der Waals surface area contributed by atoms with Crippen LogP contribution in [0, 0.1) is 0 Å². The molecule has 0 atom stereocenters. The molecule has 0 aliphatic rings. The van der Waals surface area contributed by atoms with Gasteiger partial charge in [-0.05, 0) is 66.9 Å². The predicted octanol–water partition coefficient (Wildman–Crippen LogP) is 6.17. The summed E-state index contributed by atoms with van der Waals surface area (Å²) < 4.78 is 18.1. The fourth-order valence-corrected chi connectivity index (χ4v) is 3.61. The Bertz CT molecular complexity index is 1120. The lowest BCUT2D eigenvalue weighted by Crippen LogP contribution is -2.19. The molecule has 0 spiro atoms. The van der Waals surface area contributed by atoms with E-state index in [1.54, 1.807) is 12.1 Å². The van der Waals surface area contributed by atoms with Gasteiger partial charge in [0.05, 0.1) is 30.9 Å². The van der Waals surface area contributed by atoms with Crippen molar-refractivity contribution in [2.75, 3.05) is 13.2 Å². The summed E-state index contributed by atoms with van der Waals surface area (Å²) in [5.41, 5.74) is 5.08. The van der Waals surface area contributed by atoms with Crippen molar-refractivity contribution in [3.05, 3.63) is 86.8 Å². The third-order valence-corrected chi connectivity index (χ3v) is 5.44. The van der Waals surface area contributed by atoms with E-state index in [1.165, 1.54) is 6.21 Å². The van der Waals surface area contributed by atoms with Crippen molar-refractivity contribution >= 4 is 39.7 Å². The molecule has 0 heterocycles. The molecule has 1 N–H and O–H groups in total. The van der Waals surface area contributed by atoms with E-state index in [0.29, 0.717) is 41.9 Å². The van der Waals surface area contributed by atoms with E-state index >= 15 is 0 Å². The minimum Gasteiger partial charge on any atom is -0.494 e. The van der Waals surface area contributed by atoms with Crippen LogP contribution in [0.25, 0.3) is 0 Å². The quantitative estimate of drug-likeness (QED) is 0.231. The van der Waals surface area contributed by atoms with Gasteiger partial charge in [-0.3, -0.25) is 4.79 Å². The Hall–Kier alpha value is -3.03. The lowest BCUT2D eigenvalue weighted by Gasteiger charge is -2.14. The SMILES string of the molecule is CCOc1ccc(CC(=O)N/N=C\c2cc(Cl)c(OCc3ccc(Br)cc3)c(OCC)c2)cc1. The fraction of sp³-hybridized carbons (Fsp3) is 0.231. The summed E-state index contributed by atoms with van der Waals surface area (Å²) in [6.45, 7) is 5.21. The molecule has 178 valence electrons. The molecule has 1 amide bonds. The maximum atomic E-state index is 12.2. The van der Waals surface area contributed by atoms with Gasteiger partial charge in [-0.25, -0.2) is 5.43 Å². The van der Waals surface area contributed by atoms with Gasteiger partial charge in [-0.15, -0.1) is 0 Å². The van der Waals surface area contributed by atoms with Crippen LogP contribution >= 0.6 is 27.5 Å². The van der Waals surface area contributed by atoms with Gasteiger partial charge < -0.3 is 14.2 Å². The Morgan fingerprint density at radius 2 is 1.65 bits per heavy atom. The van der Waals surface area contributed by atoms with Crippen molar-refractivity contribution in [1.82, 2.24) is 5.43 Å². The second-order valence-corrected chi connectivity index (χ2v) is 8.55. The van der Waals surface area contributed by atoms with Gasteiger partial charge >= 0.3 is 0 Å². The summed E-state index contributed by atoms with van der Waals surface area (Å²) in [5, 5.41) is 4.44. The van der Waals surface area contributed by atoms with Crippen LogP contribution in [0.15, 0.2) is 70.2 Å². The number of benzene rings is 3. The molecule has 0 saturated carbocycles. The Kier molecular flexibility index (Phi) is 9.79. The zero-order valence-corrected chi connectivity index (χ0v) is 21.4. The Morgan fingerprint density at radius 1 is 0.971 bits per heavy atom. The summed E-state index contributed by atoms with van der Waals surface area (Å²) >= 11 is 9.90. The zero-order valence-electron chi connectivity index (χ0n) is 19.0. The average Bonchev–Trinajstić information content (AvgIpc) is 2.81. The smallest absolute Gasteiger partial charge is 0.244 e. The summed E-state index contributed by atoms with van der Waals surface area (Å²) in [6, 6.07) is 18.7. The standard InChI is InChI=1S/C26H26BrClN2O4/c1-3-32-22-11-7-18(8-12-22)15-25(31)30-29-16-20-13-23(28)26(24(14-20)33-4-2)34-17-19-5-9-21(27)10-6-19/h5-14,16H,3-4,15,17H2,1-2H3,(H,30,31)/b29-16-. The highest BCUT2D eigenvalue weighted by Gasteiger charge is 2.13. The van der Waals surface area contributed by atoms with Crippen LogP contribution in [0.5, 0.6) is 17.2 Å². The average molecular weight is 546 g/mol. The largest absolute Gasteiger partial charge is 0.494 e. The lowest BCUT2D eigenvalue weighted by molar-refractivity contribution is -0.120. The number of hydrazone groups is 1. The second-order valence-electron chi connectivity index (χ2n) is 7.23. The number of halogens is 2. The van der Waals surface area contributed by atoms with Crippen LogP contribution in [-0.4, -0.2) is 25.3 Å². The molecule has 0 aliphatic carbocycles. The molecule has 3 rings (SSSR count). The Morgan fingerprint density at radius 3 is 2.32 bits per heavy atom. The third-order valence-electron chi connectivity index (χ3n) is 4.63. The molecule has 0 radical (unpaired) electrons. The monoisotopic (exact) mass is 544 g/mol. The first kappa shape index (κ1) is 25.6. The molecule has 0 aliphatic heterocycles. The Labute approximate surface area is 213 Å². The van der Waals surface area contributed by atoms with Gasteiger partial charge in [-0.2, -0.15) is 5.10 Å². The van der Waals surface area contributed by atoms with E-state index in [0.717, 1.165) is 21.3 Å². The van der Waals surface area contributed by atoms with E-state index in [9.17, 15) is 4.79 Å². The van der Waals surface area contributed by atoms with Gasteiger partial charge in [0.15, 0.2) is 11.5 Å². The van der Waals surface area contributed by atoms with Crippen LogP contribution < -0.4 is 19.6 Å². The maximum Gasteiger partial charge on any atom is 0.244 e. The van der Waals surface area contributed by atoms with E-state index < -0.39 is 0 Å². The first-order valence-corrected chi connectivity index (χ1v) is 12.0. The highest BCUT2D eigenvalue weighted by molar-refractivity contribution is 9.10. The molecule has 0 aromatic heterocycles. The van der Waals surface area contributed by atoms with Crippen molar-refractivity contribution in [3.63, 3.8) is 0 Å². The molecule has 3 aromatic rings. The second kappa shape index (κ2) is 13.0. The van der Waals surface area contributed by atoms with Gasteiger partial charge in [0.25, 0.3) is 0 Å². The molecule has 8 heteroatoms. The number of carbonyl (C=O) groups is 1. The van der Waals surface area contributed by atoms with Gasteiger partial charge in [-0.1, -0.05) is 51.8 Å². The molecule has 0 saturated heterocycles. The molecule has 0 unspecified atom stereocenters. The third kappa shape index (κ3) is 7.78. The van der Waals surface area contributed by atoms with Gasteiger partial charge in [0.2, 0.25) is 5.91 Å². The number of ether oxygens (including phenoxy) is 3. The molecule has 0 bridgehead atoms. The van der Waals surface area contributed by atoms with E-state index in [-0.39, 0.29) is 12.3 Å². The van der Waals surface area contributed by atoms with Crippen molar-refractivity contribution in [2.24, 2.45) is 5.10 Å². The van der Waals surface area contributed by atoms with Crippen LogP contribution in [-0.2, 0) is 17.8 Å². The van der Waals surface area contributed by atoms with Gasteiger partial charge in [0, 0.05) is 4.47 Å². The van der Waals surface area contributed by atoms with E-state index in [1.807, 2.05) is 62.4 Å². The number of hydrogen-bond donors (Lipinski definition) is 1. The summed E-state index contributed by atoms with van der Waals surface area (Å²) in [6.07, 6.45) is 1.72. The van der Waals surface area contributed by atoms with Crippen molar-refractivity contribution in [3.8, 4) is 17.2 Å². The molecule has 6 nitrogen and oxygen atoms in total. The highest BCUT2D eigenvalue weighted by Crippen LogP contribution is 2.37. The molecule has 0 fully saturated rings. The number of nitrogens with one attached hydrogen (secondary N) is 1. The normalized spacial score (nSPS) is 10.8. The topological polar surface area (TPSA) is 69.2 Å². The van der Waals surface area contributed by atoms with Crippen LogP contribution in [0.2, 0.25) is 5.02 Å². The molecule has 3 aromatic carbocycles. The number of hydrogen-bond acceptors (Lipinski definition) is 5. The number of carbonyl (C=O) groups excluding carboxylic acids is 1. The zero-order chi connectivity index (χ0) is 24.3. The molecular weight excluding hydrogens is 520 g/mol. The predicted molar refractivity (Wildman–Crippen MR) is 138 cm³/mol. The minimum atomic E-state index is -0.231. The van der Waals surface area contributed by atoms with Crippen LogP contribution in [0.1, 0.15) is 30.5 Å². The first-order valence-electron chi connectivity index (χ1n) is 10.9. The van der Waals surface area contributed by atoms with Crippen molar-refractivity contribution in [1.29, 1.82) is 0 Å². The summed E-state index contributed by atoms with van der Waals surface area (Å²) in [7, 11) is 0. The van der Waals surface area contributed by atoms with E-state index in [2.05, 4.69) is 26.5 Å². The number of rotatable bonds is 11. The minimum absolute atomic E-state index is 0.206. The van der Waals surface area contributed by atoms with Crippen molar-refractivity contribution in [2.45, 2.75) is 26.9 Å². The highest BCUT2D eigenvalue weighted by atomic mass is 79.9. The summed E-state index contributed by atoms with van der Waals surface area (Å²) in [5.74, 6) is 1.51. The first-order chi connectivity index (χ1) is 16.5. The lowest BCUT2D eigenvalue weighted by atomic mass is 10.1.